The van der Waals surface area contributed by atoms with Gasteiger partial charge in [-0.2, -0.15) is 0 Å². The van der Waals surface area contributed by atoms with Crippen molar-refractivity contribution in [3.05, 3.63) is 29.6 Å². The zero-order valence-corrected chi connectivity index (χ0v) is 11.1. The van der Waals surface area contributed by atoms with Gasteiger partial charge in [0, 0.05) is 25.7 Å². The van der Waals surface area contributed by atoms with Crippen LogP contribution in [0, 0.1) is 5.82 Å². The van der Waals surface area contributed by atoms with Crippen molar-refractivity contribution in [2.24, 2.45) is 0 Å². The summed E-state index contributed by atoms with van der Waals surface area (Å²) >= 11 is 0. The third kappa shape index (κ3) is 3.25. The predicted molar refractivity (Wildman–Crippen MR) is 73.7 cm³/mol. The van der Waals surface area contributed by atoms with Crippen molar-refractivity contribution in [3.63, 3.8) is 0 Å². The van der Waals surface area contributed by atoms with Crippen LogP contribution in [0.5, 0.6) is 0 Å². The largest absolute Gasteiger partial charge is 0.393 e. The maximum Gasteiger partial charge on any atom is 0.146 e. The van der Waals surface area contributed by atoms with Crippen LogP contribution in [0.4, 0.5) is 10.1 Å². The molecular formula is C15H21FN2O. The summed E-state index contributed by atoms with van der Waals surface area (Å²) in [5, 5.41) is 12.9. The lowest BCUT2D eigenvalue weighted by atomic mass is 10.1. The van der Waals surface area contributed by atoms with E-state index in [0.29, 0.717) is 11.7 Å². The fourth-order valence-electron chi connectivity index (χ4n) is 2.57. The molecule has 0 amide bonds. The van der Waals surface area contributed by atoms with Gasteiger partial charge in [0.15, 0.2) is 0 Å². The van der Waals surface area contributed by atoms with Crippen LogP contribution in [-0.4, -0.2) is 30.3 Å². The molecule has 1 saturated heterocycles. The summed E-state index contributed by atoms with van der Waals surface area (Å²) in [6.45, 7) is 2.22. The SMILES string of the molecule is OC1CCN(c2ccc(CNC3CC3)cc2F)CC1. The lowest BCUT2D eigenvalue weighted by molar-refractivity contribution is 0.145. The normalized spacial score (nSPS) is 20.8. The Hall–Kier alpha value is -1.13. The van der Waals surface area contributed by atoms with Crippen LogP contribution in [0.3, 0.4) is 0 Å². The van der Waals surface area contributed by atoms with E-state index in [1.165, 1.54) is 12.8 Å². The Morgan fingerprint density at radius 2 is 1.95 bits per heavy atom. The first-order valence-corrected chi connectivity index (χ1v) is 7.17. The number of rotatable bonds is 4. The third-order valence-electron chi connectivity index (χ3n) is 3.99. The molecule has 1 aromatic carbocycles. The number of nitrogens with zero attached hydrogens (tertiary/aromatic N) is 1. The van der Waals surface area contributed by atoms with Gasteiger partial charge in [-0.15, -0.1) is 0 Å². The molecule has 1 aromatic rings. The van der Waals surface area contributed by atoms with Crippen LogP contribution in [0.25, 0.3) is 0 Å². The van der Waals surface area contributed by atoms with Crippen LogP contribution in [-0.2, 0) is 6.54 Å². The Balaban J connectivity index is 1.64. The van der Waals surface area contributed by atoms with Gasteiger partial charge >= 0.3 is 0 Å². The van der Waals surface area contributed by atoms with E-state index in [9.17, 15) is 9.50 Å². The van der Waals surface area contributed by atoms with Crippen molar-refractivity contribution in [1.82, 2.24) is 5.32 Å². The highest BCUT2D eigenvalue weighted by atomic mass is 19.1. The Labute approximate surface area is 113 Å². The molecule has 0 aromatic heterocycles. The molecule has 0 atom stereocenters. The molecule has 0 bridgehead atoms. The summed E-state index contributed by atoms with van der Waals surface area (Å²) in [5.74, 6) is -0.147. The Morgan fingerprint density at radius 3 is 2.58 bits per heavy atom. The zero-order chi connectivity index (χ0) is 13.2. The van der Waals surface area contributed by atoms with Crippen LogP contribution >= 0.6 is 0 Å². The monoisotopic (exact) mass is 264 g/mol. The van der Waals surface area contributed by atoms with E-state index in [1.54, 1.807) is 6.07 Å². The van der Waals surface area contributed by atoms with Gasteiger partial charge in [-0.3, -0.25) is 0 Å². The van der Waals surface area contributed by atoms with Gasteiger partial charge in [-0.1, -0.05) is 6.07 Å². The molecule has 3 rings (SSSR count). The summed E-state index contributed by atoms with van der Waals surface area (Å²) in [6.07, 6.45) is 3.73. The quantitative estimate of drug-likeness (QED) is 0.873. The standard InChI is InChI=1S/C15H21FN2O/c16-14-9-11(10-17-12-2-3-12)1-4-15(14)18-7-5-13(19)6-8-18/h1,4,9,12-13,17,19H,2-3,5-8,10H2. The number of hydrogen-bond acceptors (Lipinski definition) is 3. The van der Waals surface area contributed by atoms with E-state index >= 15 is 0 Å². The van der Waals surface area contributed by atoms with Gasteiger partial charge < -0.3 is 15.3 Å². The number of aliphatic hydroxyl groups excluding tert-OH is 1. The van der Waals surface area contributed by atoms with Crippen molar-refractivity contribution in [3.8, 4) is 0 Å². The lowest BCUT2D eigenvalue weighted by Crippen LogP contribution is -2.36. The second-order valence-corrected chi connectivity index (χ2v) is 5.66. The molecule has 1 saturated carbocycles. The van der Waals surface area contributed by atoms with E-state index in [-0.39, 0.29) is 11.9 Å². The van der Waals surface area contributed by atoms with Crippen molar-refractivity contribution < 1.29 is 9.50 Å². The molecule has 19 heavy (non-hydrogen) atoms. The summed E-state index contributed by atoms with van der Waals surface area (Å²) in [7, 11) is 0. The maximum atomic E-state index is 14.1. The van der Waals surface area contributed by atoms with Crippen LogP contribution < -0.4 is 10.2 Å². The molecule has 0 spiro atoms. The fourth-order valence-corrected chi connectivity index (χ4v) is 2.57. The Kier molecular flexibility index (Phi) is 3.71. The van der Waals surface area contributed by atoms with Crippen LogP contribution in [0.2, 0.25) is 0 Å². The molecule has 2 aliphatic rings. The minimum Gasteiger partial charge on any atom is -0.393 e. The number of benzene rings is 1. The molecule has 1 aliphatic heterocycles. The first kappa shape index (κ1) is 12.9. The van der Waals surface area contributed by atoms with Gasteiger partial charge in [0.2, 0.25) is 0 Å². The van der Waals surface area contributed by atoms with Crippen molar-refractivity contribution in [2.45, 2.75) is 44.4 Å². The maximum absolute atomic E-state index is 14.1. The molecule has 2 N–H and O–H groups in total. The molecule has 1 heterocycles. The second kappa shape index (κ2) is 5.47. The predicted octanol–water partition coefficient (Wildman–Crippen LogP) is 2.04. The number of nitrogens with one attached hydrogen (secondary N) is 1. The molecule has 0 radical (unpaired) electrons. The first-order valence-electron chi connectivity index (χ1n) is 7.17. The summed E-state index contributed by atoms with van der Waals surface area (Å²) in [4.78, 5) is 2.03. The topological polar surface area (TPSA) is 35.5 Å². The molecule has 4 heteroatoms. The van der Waals surface area contributed by atoms with E-state index in [4.69, 9.17) is 0 Å². The van der Waals surface area contributed by atoms with Gasteiger partial charge in [0.25, 0.3) is 0 Å². The zero-order valence-electron chi connectivity index (χ0n) is 11.1. The molecule has 2 fully saturated rings. The average Bonchev–Trinajstić information content (AvgIpc) is 3.22. The first-order chi connectivity index (χ1) is 9.22. The number of anilines is 1. The Bertz CT molecular complexity index is 440. The fraction of sp³-hybridized carbons (Fsp3) is 0.600. The molecule has 0 unspecified atom stereocenters. The van der Waals surface area contributed by atoms with Crippen LogP contribution in [0.15, 0.2) is 18.2 Å². The molecule has 1 aliphatic carbocycles. The van der Waals surface area contributed by atoms with Crippen molar-refractivity contribution in [2.75, 3.05) is 18.0 Å². The average molecular weight is 264 g/mol. The molecule has 104 valence electrons. The number of halogens is 1. The summed E-state index contributed by atoms with van der Waals surface area (Å²) in [6, 6.07) is 6.15. The Morgan fingerprint density at radius 1 is 1.21 bits per heavy atom. The van der Waals surface area contributed by atoms with Gasteiger partial charge in [0.05, 0.1) is 11.8 Å². The lowest BCUT2D eigenvalue weighted by Gasteiger charge is -2.31. The third-order valence-corrected chi connectivity index (χ3v) is 3.99. The number of piperidine rings is 1. The highest BCUT2D eigenvalue weighted by Crippen LogP contribution is 2.25. The van der Waals surface area contributed by atoms with Gasteiger partial charge in [-0.05, 0) is 43.4 Å². The minimum atomic E-state index is -0.221. The molecular weight excluding hydrogens is 243 g/mol. The van der Waals surface area contributed by atoms with E-state index in [2.05, 4.69) is 5.32 Å². The molecule has 3 nitrogen and oxygen atoms in total. The van der Waals surface area contributed by atoms with E-state index < -0.39 is 0 Å². The summed E-state index contributed by atoms with van der Waals surface area (Å²) < 4.78 is 14.1. The van der Waals surface area contributed by atoms with Crippen molar-refractivity contribution >= 4 is 5.69 Å². The minimum absolute atomic E-state index is 0.147. The number of hydrogen-bond donors (Lipinski definition) is 2. The number of aliphatic hydroxyl groups is 1. The van der Waals surface area contributed by atoms with Gasteiger partial charge in [-0.25, -0.2) is 4.39 Å². The highest BCUT2D eigenvalue weighted by Gasteiger charge is 2.21. The highest BCUT2D eigenvalue weighted by molar-refractivity contribution is 5.49. The van der Waals surface area contributed by atoms with E-state index in [0.717, 1.165) is 38.0 Å². The second-order valence-electron chi connectivity index (χ2n) is 5.66. The summed E-state index contributed by atoms with van der Waals surface area (Å²) in [5.41, 5.74) is 1.67. The van der Waals surface area contributed by atoms with E-state index in [1.807, 2.05) is 17.0 Å². The van der Waals surface area contributed by atoms with Gasteiger partial charge in [0.1, 0.15) is 5.82 Å². The van der Waals surface area contributed by atoms with Crippen LogP contribution in [0.1, 0.15) is 31.2 Å². The van der Waals surface area contributed by atoms with Crippen molar-refractivity contribution in [1.29, 1.82) is 0 Å². The smallest absolute Gasteiger partial charge is 0.146 e.